The zero-order valence-corrected chi connectivity index (χ0v) is 14.2. The molecule has 0 aliphatic carbocycles. The number of benzene rings is 1. The molecule has 1 aromatic heterocycles. The second-order valence-corrected chi connectivity index (χ2v) is 5.44. The van der Waals surface area contributed by atoms with Crippen LogP contribution in [0.15, 0.2) is 47.8 Å². The lowest BCUT2D eigenvalue weighted by atomic mass is 10.1. The summed E-state index contributed by atoms with van der Waals surface area (Å²) >= 11 is 0. The van der Waals surface area contributed by atoms with Crippen molar-refractivity contribution in [3.8, 4) is 5.75 Å². The third-order valence-corrected chi connectivity index (χ3v) is 3.21. The lowest BCUT2D eigenvalue weighted by molar-refractivity contribution is 0.0955. The molecule has 1 amide bonds. The van der Waals surface area contributed by atoms with Crippen LogP contribution in [0.2, 0.25) is 0 Å². The third-order valence-electron chi connectivity index (χ3n) is 3.21. The highest BCUT2D eigenvalue weighted by Crippen LogP contribution is 2.24. The molecule has 0 unspecified atom stereocenters. The van der Waals surface area contributed by atoms with Crippen molar-refractivity contribution in [3.05, 3.63) is 59.4 Å². The van der Waals surface area contributed by atoms with Gasteiger partial charge in [-0.3, -0.25) is 9.78 Å². The summed E-state index contributed by atoms with van der Waals surface area (Å²) in [6.45, 7) is 3.27. The standard InChI is InChI=1S/C18H22N4O2/c1-4-24-17-15(6-5-7-16(17)13-22(2)3)12-20-21-18(23)14-8-10-19-11-9-14/h5-12H,4,13H2,1-3H3,(H,21,23)/b20-12+. The first-order chi connectivity index (χ1) is 11.6. The van der Waals surface area contributed by atoms with Gasteiger partial charge in [0.25, 0.3) is 5.91 Å². The second-order valence-electron chi connectivity index (χ2n) is 5.44. The van der Waals surface area contributed by atoms with E-state index in [9.17, 15) is 4.79 Å². The SMILES string of the molecule is CCOc1c(/C=N/NC(=O)c2ccncc2)cccc1CN(C)C. The third kappa shape index (κ3) is 4.89. The minimum absolute atomic E-state index is 0.281. The fourth-order valence-electron chi connectivity index (χ4n) is 2.22. The minimum atomic E-state index is -0.281. The van der Waals surface area contributed by atoms with Crippen molar-refractivity contribution in [3.63, 3.8) is 0 Å². The van der Waals surface area contributed by atoms with Crippen LogP contribution in [-0.2, 0) is 6.54 Å². The van der Waals surface area contributed by atoms with E-state index in [1.165, 1.54) is 0 Å². The van der Waals surface area contributed by atoms with Gasteiger partial charge in [0, 0.05) is 35.6 Å². The number of hydrogen-bond acceptors (Lipinski definition) is 5. The van der Waals surface area contributed by atoms with E-state index in [2.05, 4.69) is 20.4 Å². The summed E-state index contributed by atoms with van der Waals surface area (Å²) < 4.78 is 5.77. The molecule has 0 saturated heterocycles. The number of hydrogen-bond donors (Lipinski definition) is 1. The Bertz CT molecular complexity index is 699. The van der Waals surface area contributed by atoms with E-state index in [0.717, 1.165) is 23.4 Å². The van der Waals surface area contributed by atoms with Gasteiger partial charge in [0.05, 0.1) is 12.8 Å². The molecule has 0 aliphatic rings. The van der Waals surface area contributed by atoms with Crippen molar-refractivity contribution < 1.29 is 9.53 Å². The van der Waals surface area contributed by atoms with Gasteiger partial charge in [-0.25, -0.2) is 5.43 Å². The van der Waals surface area contributed by atoms with Crippen molar-refractivity contribution in [2.45, 2.75) is 13.5 Å². The molecule has 0 saturated carbocycles. The van der Waals surface area contributed by atoms with Crippen LogP contribution in [0.25, 0.3) is 0 Å². The van der Waals surface area contributed by atoms with Crippen LogP contribution in [0.5, 0.6) is 5.75 Å². The molecular weight excluding hydrogens is 304 g/mol. The van der Waals surface area contributed by atoms with E-state index in [1.807, 2.05) is 39.2 Å². The van der Waals surface area contributed by atoms with E-state index in [-0.39, 0.29) is 5.91 Å². The Morgan fingerprint density at radius 1 is 1.29 bits per heavy atom. The monoisotopic (exact) mass is 326 g/mol. The molecule has 126 valence electrons. The quantitative estimate of drug-likeness (QED) is 0.626. The summed E-state index contributed by atoms with van der Waals surface area (Å²) in [6.07, 6.45) is 4.73. The molecular formula is C18H22N4O2. The van der Waals surface area contributed by atoms with Crippen LogP contribution in [-0.4, -0.2) is 42.7 Å². The average Bonchev–Trinajstić information content (AvgIpc) is 2.58. The maximum atomic E-state index is 12.0. The summed E-state index contributed by atoms with van der Waals surface area (Å²) in [5, 5.41) is 4.04. The number of ether oxygens (including phenoxy) is 1. The number of carbonyl (C=O) groups excluding carboxylic acids is 1. The van der Waals surface area contributed by atoms with E-state index in [1.54, 1.807) is 30.7 Å². The number of para-hydroxylation sites is 1. The predicted molar refractivity (Wildman–Crippen MR) is 94.3 cm³/mol. The average molecular weight is 326 g/mol. The van der Waals surface area contributed by atoms with Crippen LogP contribution in [0, 0.1) is 0 Å². The lowest BCUT2D eigenvalue weighted by Gasteiger charge is -2.16. The molecule has 6 nitrogen and oxygen atoms in total. The van der Waals surface area contributed by atoms with Gasteiger partial charge in [0.15, 0.2) is 0 Å². The highest BCUT2D eigenvalue weighted by atomic mass is 16.5. The summed E-state index contributed by atoms with van der Waals surface area (Å²) in [7, 11) is 4.01. The van der Waals surface area contributed by atoms with E-state index >= 15 is 0 Å². The normalized spacial score (nSPS) is 11.0. The van der Waals surface area contributed by atoms with Gasteiger partial charge in [-0.15, -0.1) is 0 Å². The van der Waals surface area contributed by atoms with Crippen LogP contribution < -0.4 is 10.2 Å². The number of aromatic nitrogens is 1. The first kappa shape index (κ1) is 17.6. The maximum Gasteiger partial charge on any atom is 0.271 e. The molecule has 0 fully saturated rings. The van der Waals surface area contributed by atoms with Gasteiger partial charge in [0.2, 0.25) is 0 Å². The number of pyridine rings is 1. The Morgan fingerprint density at radius 3 is 2.71 bits per heavy atom. The molecule has 24 heavy (non-hydrogen) atoms. The molecule has 0 radical (unpaired) electrons. The zero-order valence-electron chi connectivity index (χ0n) is 14.2. The van der Waals surface area contributed by atoms with Gasteiger partial charge >= 0.3 is 0 Å². The van der Waals surface area contributed by atoms with Crippen LogP contribution in [0.3, 0.4) is 0 Å². The molecule has 2 aromatic rings. The van der Waals surface area contributed by atoms with Gasteiger partial charge in [-0.2, -0.15) is 5.10 Å². The van der Waals surface area contributed by atoms with Crippen molar-refractivity contribution in [1.29, 1.82) is 0 Å². The maximum absolute atomic E-state index is 12.0. The first-order valence-corrected chi connectivity index (χ1v) is 7.74. The fraction of sp³-hybridized carbons (Fsp3) is 0.278. The molecule has 0 spiro atoms. The Balaban J connectivity index is 2.14. The van der Waals surface area contributed by atoms with E-state index in [4.69, 9.17) is 4.74 Å². The van der Waals surface area contributed by atoms with Crippen molar-refractivity contribution in [2.75, 3.05) is 20.7 Å². The molecule has 6 heteroatoms. The molecule has 1 aromatic carbocycles. The summed E-state index contributed by atoms with van der Waals surface area (Å²) in [5.41, 5.74) is 4.92. The van der Waals surface area contributed by atoms with Gasteiger partial charge in [-0.1, -0.05) is 12.1 Å². The highest BCUT2D eigenvalue weighted by molar-refractivity contribution is 5.95. The Morgan fingerprint density at radius 2 is 2.04 bits per heavy atom. The topological polar surface area (TPSA) is 66.8 Å². The predicted octanol–water partition coefficient (Wildman–Crippen LogP) is 2.31. The summed E-state index contributed by atoms with van der Waals surface area (Å²) in [5.74, 6) is 0.506. The van der Waals surface area contributed by atoms with E-state index in [0.29, 0.717) is 12.2 Å². The summed E-state index contributed by atoms with van der Waals surface area (Å²) in [4.78, 5) is 17.9. The molecule has 0 bridgehead atoms. The van der Waals surface area contributed by atoms with Crippen molar-refractivity contribution >= 4 is 12.1 Å². The zero-order chi connectivity index (χ0) is 17.4. The van der Waals surface area contributed by atoms with Crippen molar-refractivity contribution in [2.24, 2.45) is 5.10 Å². The number of nitrogens with zero attached hydrogens (tertiary/aromatic N) is 3. The van der Waals surface area contributed by atoms with Gasteiger partial charge < -0.3 is 9.64 Å². The molecule has 0 aliphatic heterocycles. The Kier molecular flexibility index (Phi) is 6.45. The minimum Gasteiger partial charge on any atom is -0.493 e. The lowest BCUT2D eigenvalue weighted by Crippen LogP contribution is -2.17. The summed E-state index contributed by atoms with van der Waals surface area (Å²) in [6, 6.07) is 9.15. The molecule has 0 atom stereocenters. The molecule has 1 heterocycles. The van der Waals surface area contributed by atoms with E-state index < -0.39 is 0 Å². The molecule has 2 rings (SSSR count). The van der Waals surface area contributed by atoms with Crippen LogP contribution >= 0.6 is 0 Å². The highest BCUT2D eigenvalue weighted by Gasteiger charge is 2.09. The van der Waals surface area contributed by atoms with Gasteiger partial charge in [0.1, 0.15) is 5.75 Å². The smallest absolute Gasteiger partial charge is 0.271 e. The number of nitrogens with one attached hydrogen (secondary N) is 1. The first-order valence-electron chi connectivity index (χ1n) is 7.74. The number of amides is 1. The van der Waals surface area contributed by atoms with Crippen LogP contribution in [0.1, 0.15) is 28.4 Å². The number of rotatable bonds is 7. The Hall–Kier alpha value is -2.73. The fourth-order valence-corrected chi connectivity index (χ4v) is 2.22. The second kappa shape index (κ2) is 8.79. The van der Waals surface area contributed by atoms with Crippen molar-refractivity contribution in [1.82, 2.24) is 15.3 Å². The molecule has 1 N–H and O–H groups in total. The largest absolute Gasteiger partial charge is 0.493 e. The number of hydrazone groups is 1. The van der Waals surface area contributed by atoms with Gasteiger partial charge in [-0.05, 0) is 39.2 Å². The van der Waals surface area contributed by atoms with Crippen LogP contribution in [0.4, 0.5) is 0 Å². The number of carbonyl (C=O) groups is 1. The Labute approximate surface area is 142 Å².